The Kier molecular flexibility index (Phi) is 5.72. The van der Waals surface area contributed by atoms with E-state index in [4.69, 9.17) is 16.3 Å². The summed E-state index contributed by atoms with van der Waals surface area (Å²) in [5.41, 5.74) is 0.697. The Labute approximate surface area is 183 Å². The predicted molar refractivity (Wildman–Crippen MR) is 121 cm³/mol. The van der Waals surface area contributed by atoms with Crippen LogP contribution in [0.5, 0.6) is 11.5 Å². The third-order valence-corrected chi connectivity index (χ3v) is 5.55. The quantitative estimate of drug-likeness (QED) is 0.316. The first-order valence-electron chi connectivity index (χ1n) is 9.14. The standard InChI is InChI=1S/C25H18BrClO2/c26-20-12-16-22(17-13-20)29-24-9-5-4-8-23(24)25(28,18-6-2-1-3-7-18)19-10-14-21(27)15-11-19/h1-17,28H. The molecule has 4 aromatic carbocycles. The van der Waals surface area contributed by atoms with Crippen molar-refractivity contribution in [3.63, 3.8) is 0 Å². The maximum Gasteiger partial charge on any atom is 0.144 e. The van der Waals surface area contributed by atoms with Crippen LogP contribution in [0, 0.1) is 0 Å². The molecule has 0 aromatic heterocycles. The van der Waals surface area contributed by atoms with Crippen LogP contribution < -0.4 is 4.74 Å². The number of hydrogen-bond donors (Lipinski definition) is 1. The number of benzene rings is 4. The summed E-state index contributed by atoms with van der Waals surface area (Å²) < 4.78 is 7.14. The van der Waals surface area contributed by atoms with Crippen LogP contribution in [0.4, 0.5) is 0 Å². The van der Waals surface area contributed by atoms with E-state index in [1.165, 1.54) is 0 Å². The first-order valence-corrected chi connectivity index (χ1v) is 10.3. The van der Waals surface area contributed by atoms with Crippen molar-refractivity contribution in [2.75, 3.05) is 0 Å². The van der Waals surface area contributed by atoms with E-state index in [1.54, 1.807) is 12.1 Å². The van der Waals surface area contributed by atoms with Crippen LogP contribution in [0.2, 0.25) is 5.02 Å². The molecule has 0 saturated carbocycles. The molecule has 0 aliphatic heterocycles. The lowest BCUT2D eigenvalue weighted by Gasteiger charge is -2.31. The van der Waals surface area contributed by atoms with Gasteiger partial charge in [-0.2, -0.15) is 0 Å². The molecular weight excluding hydrogens is 448 g/mol. The first kappa shape index (κ1) is 19.7. The molecule has 0 radical (unpaired) electrons. The molecule has 2 nitrogen and oxygen atoms in total. The molecule has 29 heavy (non-hydrogen) atoms. The van der Waals surface area contributed by atoms with Crippen molar-refractivity contribution in [1.29, 1.82) is 0 Å². The van der Waals surface area contributed by atoms with E-state index in [-0.39, 0.29) is 0 Å². The molecule has 1 N–H and O–H groups in total. The van der Waals surface area contributed by atoms with Crippen LogP contribution in [-0.2, 0) is 5.60 Å². The smallest absolute Gasteiger partial charge is 0.144 e. The number of ether oxygens (including phenoxy) is 1. The minimum absolute atomic E-state index is 0.580. The SMILES string of the molecule is OC(c1ccccc1)(c1ccc(Cl)cc1)c1ccccc1Oc1ccc(Br)cc1. The Balaban J connectivity index is 1.88. The summed E-state index contributed by atoms with van der Waals surface area (Å²) in [6.07, 6.45) is 0. The summed E-state index contributed by atoms with van der Waals surface area (Å²) in [5.74, 6) is 1.27. The Morgan fingerprint density at radius 2 is 1.28 bits per heavy atom. The maximum atomic E-state index is 12.1. The summed E-state index contributed by atoms with van der Waals surface area (Å²) in [4.78, 5) is 0. The molecule has 4 rings (SSSR count). The molecule has 0 fully saturated rings. The van der Waals surface area contributed by atoms with Crippen LogP contribution >= 0.6 is 27.5 Å². The van der Waals surface area contributed by atoms with Gasteiger partial charge in [0.1, 0.15) is 17.1 Å². The Bertz CT molecular complexity index is 1100. The van der Waals surface area contributed by atoms with Crippen molar-refractivity contribution < 1.29 is 9.84 Å². The van der Waals surface area contributed by atoms with Crippen LogP contribution in [0.1, 0.15) is 16.7 Å². The Hall–Kier alpha value is -2.59. The van der Waals surface area contributed by atoms with E-state index >= 15 is 0 Å². The van der Waals surface area contributed by atoms with Crippen LogP contribution in [-0.4, -0.2) is 5.11 Å². The van der Waals surface area contributed by atoms with Gasteiger partial charge < -0.3 is 9.84 Å². The fourth-order valence-electron chi connectivity index (χ4n) is 3.33. The highest BCUT2D eigenvalue weighted by atomic mass is 79.9. The van der Waals surface area contributed by atoms with Gasteiger partial charge in [0, 0.05) is 15.1 Å². The lowest BCUT2D eigenvalue weighted by atomic mass is 9.80. The van der Waals surface area contributed by atoms with Crippen molar-refractivity contribution in [3.8, 4) is 11.5 Å². The van der Waals surface area contributed by atoms with Gasteiger partial charge in [0.2, 0.25) is 0 Å². The molecule has 0 aliphatic carbocycles. The minimum Gasteiger partial charge on any atom is -0.457 e. The highest BCUT2D eigenvalue weighted by molar-refractivity contribution is 9.10. The lowest BCUT2D eigenvalue weighted by molar-refractivity contribution is 0.123. The molecule has 4 aromatic rings. The van der Waals surface area contributed by atoms with Gasteiger partial charge in [0.15, 0.2) is 0 Å². The van der Waals surface area contributed by atoms with Crippen LogP contribution in [0.25, 0.3) is 0 Å². The van der Waals surface area contributed by atoms with E-state index in [9.17, 15) is 5.11 Å². The summed E-state index contributed by atoms with van der Waals surface area (Å²) in [6.45, 7) is 0. The number of para-hydroxylation sites is 1. The topological polar surface area (TPSA) is 29.5 Å². The predicted octanol–water partition coefficient (Wildman–Crippen LogP) is 7.18. The van der Waals surface area contributed by atoms with Gasteiger partial charge in [-0.25, -0.2) is 0 Å². The third kappa shape index (κ3) is 4.08. The molecule has 1 unspecified atom stereocenters. The zero-order chi connectivity index (χ0) is 20.3. The van der Waals surface area contributed by atoms with Crippen molar-refractivity contribution in [2.45, 2.75) is 5.60 Å². The molecule has 0 bridgehead atoms. The van der Waals surface area contributed by atoms with Crippen molar-refractivity contribution >= 4 is 27.5 Å². The molecule has 0 saturated heterocycles. The summed E-state index contributed by atoms with van der Waals surface area (Å²) in [6, 6.07) is 31.9. The fraction of sp³-hybridized carbons (Fsp3) is 0.0400. The monoisotopic (exact) mass is 464 g/mol. The number of hydrogen-bond acceptors (Lipinski definition) is 2. The van der Waals surface area contributed by atoms with Crippen LogP contribution in [0.15, 0.2) is 108 Å². The second kappa shape index (κ2) is 8.42. The number of aliphatic hydroxyl groups is 1. The summed E-state index contributed by atoms with van der Waals surface area (Å²) >= 11 is 9.53. The van der Waals surface area contributed by atoms with Crippen molar-refractivity contribution in [1.82, 2.24) is 0 Å². The molecule has 0 spiro atoms. The molecule has 1 atom stereocenters. The first-order chi connectivity index (χ1) is 14.1. The second-order valence-corrected chi connectivity index (χ2v) is 7.99. The minimum atomic E-state index is -1.40. The molecule has 144 valence electrons. The van der Waals surface area contributed by atoms with Gasteiger partial charge >= 0.3 is 0 Å². The van der Waals surface area contributed by atoms with Gasteiger partial charge in [-0.15, -0.1) is 0 Å². The van der Waals surface area contributed by atoms with Crippen molar-refractivity contribution in [2.24, 2.45) is 0 Å². The zero-order valence-corrected chi connectivity index (χ0v) is 17.8. The van der Waals surface area contributed by atoms with Crippen LogP contribution in [0.3, 0.4) is 0 Å². The zero-order valence-electron chi connectivity index (χ0n) is 15.4. The molecular formula is C25H18BrClO2. The van der Waals surface area contributed by atoms with Gasteiger partial charge in [0.25, 0.3) is 0 Å². The largest absolute Gasteiger partial charge is 0.457 e. The highest BCUT2D eigenvalue weighted by Crippen LogP contribution is 2.42. The van der Waals surface area contributed by atoms with E-state index in [0.29, 0.717) is 27.6 Å². The van der Waals surface area contributed by atoms with Gasteiger partial charge in [-0.3, -0.25) is 0 Å². The Morgan fingerprint density at radius 3 is 1.97 bits per heavy atom. The Morgan fingerprint density at radius 1 is 0.690 bits per heavy atom. The highest BCUT2D eigenvalue weighted by Gasteiger charge is 2.36. The maximum absolute atomic E-state index is 12.1. The van der Waals surface area contributed by atoms with E-state index < -0.39 is 5.60 Å². The average molecular weight is 466 g/mol. The second-order valence-electron chi connectivity index (χ2n) is 6.64. The summed E-state index contributed by atoms with van der Waals surface area (Å²) in [5, 5.41) is 12.7. The summed E-state index contributed by atoms with van der Waals surface area (Å²) in [7, 11) is 0. The lowest BCUT2D eigenvalue weighted by Crippen LogP contribution is -2.29. The fourth-order valence-corrected chi connectivity index (χ4v) is 3.72. The van der Waals surface area contributed by atoms with E-state index in [1.807, 2.05) is 91.0 Å². The van der Waals surface area contributed by atoms with E-state index in [0.717, 1.165) is 10.0 Å². The van der Waals surface area contributed by atoms with Gasteiger partial charge in [-0.05, 0) is 53.6 Å². The number of halogens is 2. The molecule has 0 amide bonds. The molecule has 0 heterocycles. The van der Waals surface area contributed by atoms with Gasteiger partial charge in [-0.1, -0.05) is 88.2 Å². The molecule has 4 heteroatoms. The third-order valence-electron chi connectivity index (χ3n) is 4.77. The average Bonchev–Trinajstić information content (AvgIpc) is 2.76. The molecule has 0 aliphatic rings. The number of rotatable bonds is 5. The van der Waals surface area contributed by atoms with Gasteiger partial charge in [0.05, 0.1) is 0 Å². The van der Waals surface area contributed by atoms with Crippen molar-refractivity contribution in [3.05, 3.63) is 129 Å². The normalized spacial score (nSPS) is 12.9. The van der Waals surface area contributed by atoms with E-state index in [2.05, 4.69) is 15.9 Å².